The first-order valence-electron chi connectivity index (χ1n) is 2.10. The van der Waals surface area contributed by atoms with Gasteiger partial charge in [-0.25, -0.2) is 0 Å². The van der Waals surface area contributed by atoms with Crippen molar-refractivity contribution in [1.82, 2.24) is 0 Å². The average Bonchev–Trinajstić information content (AvgIpc) is 2.14. The van der Waals surface area contributed by atoms with Gasteiger partial charge in [0, 0.05) is 0 Å². The van der Waals surface area contributed by atoms with E-state index in [4.69, 9.17) is 0 Å². The van der Waals surface area contributed by atoms with Gasteiger partial charge in [-0.1, -0.05) is 24.3 Å². The third-order valence-electron chi connectivity index (χ3n) is 0.825. The van der Waals surface area contributed by atoms with Gasteiger partial charge in [0.05, 0.1) is 0 Å². The summed E-state index contributed by atoms with van der Waals surface area (Å²) in [6.45, 7) is 0. The molecule has 0 bridgehead atoms. The molecule has 0 saturated heterocycles. The summed E-state index contributed by atoms with van der Waals surface area (Å²) in [7, 11) is 0. The average molecular weight is 116 g/mol. The Balaban J connectivity index is 0.000000490. The van der Waals surface area contributed by atoms with Crippen LogP contribution in [0.1, 0.15) is 0 Å². The van der Waals surface area contributed by atoms with Crippen LogP contribution in [0.3, 0.4) is 0 Å². The Morgan fingerprint density at radius 1 is 1.25 bits per heavy atom. The zero-order valence-corrected chi connectivity index (χ0v) is 6.79. The molecule has 1 nitrogen and oxygen atoms in total. The van der Waals surface area contributed by atoms with Crippen molar-refractivity contribution in [3.8, 4) is 0 Å². The molecule has 0 fully saturated rings. The molecule has 0 aromatic rings. The van der Waals surface area contributed by atoms with Crippen molar-refractivity contribution in [3.05, 3.63) is 36.1 Å². The van der Waals surface area contributed by atoms with Crippen LogP contribution in [-0.2, 0) is 0 Å². The molecule has 0 radical (unpaired) electrons. The monoisotopic (exact) mass is 116 g/mol. The Morgan fingerprint density at radius 2 is 1.75 bits per heavy atom. The second-order valence-electron chi connectivity index (χ2n) is 1.34. The maximum Gasteiger partial charge on any atom is 1.00 e. The quantitative estimate of drug-likeness (QED) is 0.250. The van der Waals surface area contributed by atoms with E-state index in [1.807, 2.05) is 12.2 Å². The van der Waals surface area contributed by atoms with Gasteiger partial charge in [-0.3, -0.25) is 0 Å². The molecule has 1 aliphatic carbocycles. The minimum Gasteiger partial charge on any atom is -0.877 e. The van der Waals surface area contributed by atoms with E-state index >= 15 is 0 Å². The van der Waals surface area contributed by atoms with E-state index < -0.39 is 0 Å². The van der Waals surface area contributed by atoms with Crippen molar-refractivity contribution in [2.45, 2.75) is 0 Å². The molecule has 0 amide bonds. The molecule has 1 rings (SSSR count). The van der Waals surface area contributed by atoms with Crippen LogP contribution >= 0.6 is 0 Å². The Morgan fingerprint density at radius 3 is 2.00 bits per heavy atom. The molecule has 0 aromatic carbocycles. The summed E-state index contributed by atoms with van der Waals surface area (Å²) >= 11 is 0. The van der Waals surface area contributed by atoms with E-state index in [1.165, 1.54) is 0 Å². The van der Waals surface area contributed by atoms with Gasteiger partial charge < -0.3 is 5.11 Å². The first-order chi connectivity index (χ1) is 3.43. The van der Waals surface area contributed by atoms with Crippen LogP contribution < -0.4 is 34.7 Å². The minimum atomic E-state index is 0. The van der Waals surface area contributed by atoms with Gasteiger partial charge >= 0.3 is 29.6 Å². The number of hydrogen-bond acceptors (Lipinski definition) is 1. The summed E-state index contributed by atoms with van der Waals surface area (Å²) in [4.78, 5) is 0. The number of allylic oxidation sites excluding steroid dienone is 5. The smallest absolute Gasteiger partial charge is 0.877 e. The topological polar surface area (TPSA) is 23.1 Å². The number of hydrogen-bond donors (Lipinski definition) is 0. The second-order valence-corrected chi connectivity index (χ2v) is 1.34. The molecule has 0 atom stereocenters. The van der Waals surface area contributed by atoms with Crippen molar-refractivity contribution in [1.29, 1.82) is 0 Å². The summed E-state index contributed by atoms with van der Waals surface area (Å²) < 4.78 is 0. The molecule has 0 spiro atoms. The molecule has 0 aromatic heterocycles. The van der Waals surface area contributed by atoms with Crippen molar-refractivity contribution in [2.24, 2.45) is 0 Å². The molecule has 0 unspecified atom stereocenters. The molecular formula is C6H5NaO. The predicted octanol–water partition coefficient (Wildman–Crippen LogP) is -2.64. The zero-order valence-electron chi connectivity index (χ0n) is 4.79. The summed E-state index contributed by atoms with van der Waals surface area (Å²) in [5.41, 5.74) is 0.750. The second kappa shape index (κ2) is 3.96. The van der Waals surface area contributed by atoms with Crippen LogP contribution in [0.4, 0.5) is 0 Å². The van der Waals surface area contributed by atoms with Crippen LogP contribution in [-0.4, -0.2) is 0 Å². The maximum absolute atomic E-state index is 9.87. The standard InChI is InChI=1S/C6H6O.Na/c7-5-6-3-1-2-4-6;/h1-5,7H;/q;+1/p-1. The van der Waals surface area contributed by atoms with Crippen LogP contribution in [0.2, 0.25) is 0 Å². The number of rotatable bonds is 0. The molecule has 8 heavy (non-hydrogen) atoms. The Hall–Kier alpha value is 0.0200. The molecule has 1 aliphatic rings. The molecule has 0 aliphatic heterocycles. The first-order valence-corrected chi connectivity index (χ1v) is 2.10. The minimum absolute atomic E-state index is 0. The molecule has 0 saturated carbocycles. The summed E-state index contributed by atoms with van der Waals surface area (Å²) in [5.74, 6) is 0. The van der Waals surface area contributed by atoms with Crippen molar-refractivity contribution < 1.29 is 34.7 Å². The van der Waals surface area contributed by atoms with E-state index in [2.05, 4.69) is 0 Å². The van der Waals surface area contributed by atoms with Gasteiger partial charge in [0.2, 0.25) is 0 Å². The molecule has 0 N–H and O–H groups in total. The zero-order chi connectivity index (χ0) is 5.11. The van der Waals surface area contributed by atoms with E-state index in [1.54, 1.807) is 12.2 Å². The van der Waals surface area contributed by atoms with Crippen LogP contribution in [0.25, 0.3) is 0 Å². The van der Waals surface area contributed by atoms with Gasteiger partial charge in [0.1, 0.15) is 0 Å². The Bertz CT molecular complexity index is 131. The van der Waals surface area contributed by atoms with Crippen LogP contribution in [0, 0.1) is 0 Å². The molecule has 36 valence electrons. The van der Waals surface area contributed by atoms with E-state index in [0.717, 1.165) is 11.8 Å². The first kappa shape index (κ1) is 8.02. The fourth-order valence-electron chi connectivity index (χ4n) is 0.467. The summed E-state index contributed by atoms with van der Waals surface area (Å²) in [6, 6.07) is 0. The van der Waals surface area contributed by atoms with E-state index in [0.29, 0.717) is 0 Å². The van der Waals surface area contributed by atoms with Gasteiger partial charge in [0.25, 0.3) is 0 Å². The maximum atomic E-state index is 9.87. The van der Waals surface area contributed by atoms with E-state index in [9.17, 15) is 5.11 Å². The Labute approximate surface area is 70.7 Å². The Kier molecular flexibility index (Phi) is 3.97. The SMILES string of the molecule is [Na+].[O-]C=C1C=CC=C1. The third kappa shape index (κ3) is 1.86. The van der Waals surface area contributed by atoms with Gasteiger partial charge in [-0.2, -0.15) is 0 Å². The van der Waals surface area contributed by atoms with Crippen molar-refractivity contribution >= 4 is 0 Å². The van der Waals surface area contributed by atoms with Gasteiger partial charge in [-0.05, 0) is 5.57 Å². The van der Waals surface area contributed by atoms with Gasteiger partial charge in [0.15, 0.2) is 0 Å². The van der Waals surface area contributed by atoms with E-state index in [-0.39, 0.29) is 29.6 Å². The van der Waals surface area contributed by atoms with Crippen molar-refractivity contribution in [3.63, 3.8) is 0 Å². The molecule has 0 heterocycles. The van der Waals surface area contributed by atoms with Crippen LogP contribution in [0.5, 0.6) is 0 Å². The van der Waals surface area contributed by atoms with Crippen molar-refractivity contribution in [2.75, 3.05) is 0 Å². The van der Waals surface area contributed by atoms with Crippen LogP contribution in [0.15, 0.2) is 36.1 Å². The predicted molar refractivity (Wildman–Crippen MR) is 26.4 cm³/mol. The summed E-state index contributed by atoms with van der Waals surface area (Å²) in [6.07, 6.45) is 8.05. The third-order valence-corrected chi connectivity index (χ3v) is 0.825. The fraction of sp³-hybridized carbons (Fsp3) is 0. The fourth-order valence-corrected chi connectivity index (χ4v) is 0.467. The summed E-state index contributed by atoms with van der Waals surface area (Å²) in [5, 5.41) is 9.87. The normalized spacial score (nSPS) is 13.8. The largest absolute Gasteiger partial charge is 1.00 e. The van der Waals surface area contributed by atoms with Gasteiger partial charge in [-0.15, -0.1) is 6.26 Å². The molecule has 2 heteroatoms. The molecular weight excluding hydrogens is 111 g/mol.